The number of nitrogens with zero attached hydrogens (tertiary/aromatic N) is 7. The number of hydrazone groups is 1. The number of amidine groups is 2. The first-order valence-electron chi connectivity index (χ1n) is 8.05. The van der Waals surface area contributed by atoms with Gasteiger partial charge in [-0.2, -0.15) is 9.47 Å². The van der Waals surface area contributed by atoms with Gasteiger partial charge in [-0.1, -0.05) is 13.8 Å². The first-order valence-corrected chi connectivity index (χ1v) is 8.82. The van der Waals surface area contributed by atoms with Crippen molar-refractivity contribution in [2.24, 2.45) is 21.0 Å². The highest BCUT2D eigenvalue weighted by Crippen LogP contribution is 2.25. The van der Waals surface area contributed by atoms with E-state index in [0.29, 0.717) is 11.8 Å². The van der Waals surface area contributed by atoms with Gasteiger partial charge in [0.05, 0.1) is 12.6 Å². The Hall–Kier alpha value is -2.29. The van der Waals surface area contributed by atoms with Crippen LogP contribution in [-0.4, -0.2) is 63.3 Å². The molecule has 0 radical (unpaired) electrons. The monoisotopic (exact) mass is 344 g/mol. The van der Waals surface area contributed by atoms with Crippen LogP contribution >= 0.6 is 11.5 Å². The molecule has 3 aliphatic heterocycles. The summed E-state index contributed by atoms with van der Waals surface area (Å²) in [5.74, 6) is 3.13. The summed E-state index contributed by atoms with van der Waals surface area (Å²) in [5, 5.41) is 10.3. The van der Waals surface area contributed by atoms with Crippen molar-refractivity contribution in [3.63, 3.8) is 0 Å². The molecule has 0 aromatic carbocycles. The lowest BCUT2D eigenvalue weighted by Gasteiger charge is -2.29. The summed E-state index contributed by atoms with van der Waals surface area (Å²) in [6.07, 6.45) is 5.82. The Kier molecular flexibility index (Phi) is 3.79. The topological polar surface area (TPSA) is 81.4 Å². The largest absolute Gasteiger partial charge is 0.323 e. The molecule has 0 spiro atoms. The summed E-state index contributed by atoms with van der Waals surface area (Å²) < 4.78 is 4.37. The van der Waals surface area contributed by atoms with Gasteiger partial charge in [-0.3, -0.25) is 10.0 Å². The van der Waals surface area contributed by atoms with Crippen LogP contribution in [-0.2, 0) is 0 Å². The Morgan fingerprint density at radius 3 is 2.96 bits per heavy atom. The predicted molar refractivity (Wildman–Crippen MR) is 96.7 cm³/mol. The minimum absolute atomic E-state index is 0.290. The molecule has 24 heavy (non-hydrogen) atoms. The maximum absolute atomic E-state index is 4.70. The number of hydrogen-bond donors (Lipinski definition) is 1. The molecule has 3 aliphatic rings. The van der Waals surface area contributed by atoms with Gasteiger partial charge in [0.25, 0.3) is 0 Å². The Morgan fingerprint density at radius 1 is 1.38 bits per heavy atom. The average molecular weight is 344 g/mol. The number of nitrogens with one attached hydrogen (secondary N) is 1. The van der Waals surface area contributed by atoms with Crippen molar-refractivity contribution in [2.75, 3.05) is 25.5 Å². The molecule has 0 amide bonds. The van der Waals surface area contributed by atoms with Crippen LogP contribution in [0.15, 0.2) is 27.5 Å². The van der Waals surface area contributed by atoms with E-state index in [1.54, 1.807) is 6.20 Å². The molecule has 8 nitrogen and oxygen atoms in total. The third kappa shape index (κ3) is 2.68. The van der Waals surface area contributed by atoms with Gasteiger partial charge in [-0.05, 0) is 0 Å². The van der Waals surface area contributed by atoms with Crippen molar-refractivity contribution in [3.05, 3.63) is 18.2 Å². The van der Waals surface area contributed by atoms with E-state index in [2.05, 4.69) is 43.5 Å². The van der Waals surface area contributed by atoms with Gasteiger partial charge in [0, 0.05) is 55.6 Å². The SMILES string of the molecule is CC(C)c1nsc(NC2=NC=CN3C2=NCC3C2C=NN(C)C2)n1. The van der Waals surface area contributed by atoms with E-state index in [9.17, 15) is 0 Å². The molecular formula is C15H20N8S. The van der Waals surface area contributed by atoms with Crippen LogP contribution in [0, 0.1) is 5.92 Å². The Balaban J connectivity index is 1.49. The summed E-state index contributed by atoms with van der Waals surface area (Å²) in [6, 6.07) is 0.290. The summed E-state index contributed by atoms with van der Waals surface area (Å²) in [4.78, 5) is 15.9. The summed E-state index contributed by atoms with van der Waals surface area (Å²) in [5.41, 5.74) is 0. The van der Waals surface area contributed by atoms with E-state index in [0.717, 1.165) is 35.7 Å². The molecule has 0 bridgehead atoms. The van der Waals surface area contributed by atoms with Crippen LogP contribution in [0.25, 0.3) is 0 Å². The van der Waals surface area contributed by atoms with Gasteiger partial charge >= 0.3 is 0 Å². The number of aromatic nitrogens is 2. The molecule has 0 saturated heterocycles. The number of anilines is 1. The Bertz CT molecular complexity index is 746. The van der Waals surface area contributed by atoms with E-state index in [4.69, 9.17) is 4.99 Å². The fraction of sp³-hybridized carbons (Fsp3) is 0.533. The summed E-state index contributed by atoms with van der Waals surface area (Å²) >= 11 is 1.35. The molecule has 0 saturated carbocycles. The van der Waals surface area contributed by atoms with Crippen molar-refractivity contribution in [3.8, 4) is 0 Å². The standard InChI is InChI=1S/C15H20N8S/c1-9(2)12-19-15(24-21-12)20-13-14-17-7-11(23(14)5-4-16-13)10-6-18-22(3)8-10/h4-6,9-11H,7-8H2,1-3H3,(H,16,19,20,21). The van der Waals surface area contributed by atoms with Gasteiger partial charge < -0.3 is 10.2 Å². The van der Waals surface area contributed by atoms with Gasteiger partial charge in [-0.15, -0.1) is 0 Å². The van der Waals surface area contributed by atoms with Gasteiger partial charge in [0.1, 0.15) is 5.82 Å². The second-order valence-electron chi connectivity index (χ2n) is 6.42. The fourth-order valence-corrected chi connectivity index (χ4v) is 3.70. The lowest BCUT2D eigenvalue weighted by molar-refractivity contribution is 0.299. The smallest absolute Gasteiger partial charge is 0.208 e. The van der Waals surface area contributed by atoms with Gasteiger partial charge in [0.2, 0.25) is 5.13 Å². The maximum atomic E-state index is 4.70. The molecule has 2 atom stereocenters. The Labute approximate surface area is 144 Å². The lowest BCUT2D eigenvalue weighted by atomic mass is 10.0. The van der Waals surface area contributed by atoms with E-state index < -0.39 is 0 Å². The van der Waals surface area contributed by atoms with Crippen molar-refractivity contribution >= 4 is 34.5 Å². The number of hydrogen-bond acceptors (Lipinski definition) is 9. The molecule has 9 heteroatoms. The summed E-state index contributed by atoms with van der Waals surface area (Å²) in [7, 11) is 2.00. The third-order valence-corrected chi connectivity index (χ3v) is 4.93. The van der Waals surface area contributed by atoms with Crippen LogP contribution in [0.4, 0.5) is 5.13 Å². The molecular weight excluding hydrogens is 324 g/mol. The molecule has 4 heterocycles. The normalized spacial score (nSPS) is 25.3. The van der Waals surface area contributed by atoms with Crippen LogP contribution in [0.5, 0.6) is 0 Å². The molecule has 1 aromatic rings. The fourth-order valence-electron chi connectivity index (χ4n) is 2.99. The number of aliphatic imine (C=N–C) groups is 2. The van der Waals surface area contributed by atoms with E-state index in [1.165, 1.54) is 11.5 Å². The zero-order valence-electron chi connectivity index (χ0n) is 13.9. The van der Waals surface area contributed by atoms with Crippen molar-refractivity contribution in [1.29, 1.82) is 0 Å². The van der Waals surface area contributed by atoms with E-state index in [1.807, 2.05) is 24.5 Å². The molecule has 2 unspecified atom stereocenters. The molecule has 126 valence electrons. The molecule has 1 aromatic heterocycles. The number of rotatable bonds is 3. The molecule has 1 N–H and O–H groups in total. The summed E-state index contributed by atoms with van der Waals surface area (Å²) in [6.45, 7) is 5.84. The molecule has 4 rings (SSSR count). The van der Waals surface area contributed by atoms with Crippen LogP contribution in [0.3, 0.4) is 0 Å². The number of fused-ring (bicyclic) bond motifs is 1. The van der Waals surface area contributed by atoms with Crippen LogP contribution in [0.1, 0.15) is 25.6 Å². The Morgan fingerprint density at radius 2 is 2.25 bits per heavy atom. The quantitative estimate of drug-likeness (QED) is 0.900. The average Bonchev–Trinajstić information content (AvgIpc) is 3.26. The van der Waals surface area contributed by atoms with E-state index in [-0.39, 0.29) is 6.04 Å². The van der Waals surface area contributed by atoms with Gasteiger partial charge in [0.15, 0.2) is 11.7 Å². The third-order valence-electron chi connectivity index (χ3n) is 4.28. The maximum Gasteiger partial charge on any atom is 0.208 e. The zero-order chi connectivity index (χ0) is 16.7. The first kappa shape index (κ1) is 15.3. The highest BCUT2D eigenvalue weighted by atomic mass is 32.1. The second-order valence-corrected chi connectivity index (χ2v) is 7.17. The predicted octanol–water partition coefficient (Wildman–Crippen LogP) is 1.59. The minimum Gasteiger partial charge on any atom is -0.323 e. The second kappa shape index (κ2) is 5.97. The van der Waals surface area contributed by atoms with Crippen LogP contribution < -0.4 is 5.32 Å². The van der Waals surface area contributed by atoms with Crippen LogP contribution in [0.2, 0.25) is 0 Å². The zero-order valence-corrected chi connectivity index (χ0v) is 14.7. The van der Waals surface area contributed by atoms with Crippen molar-refractivity contribution < 1.29 is 0 Å². The van der Waals surface area contributed by atoms with Crippen molar-refractivity contribution in [2.45, 2.75) is 25.8 Å². The van der Waals surface area contributed by atoms with Gasteiger partial charge in [-0.25, -0.2) is 9.98 Å². The minimum atomic E-state index is 0.290. The van der Waals surface area contributed by atoms with Crippen molar-refractivity contribution in [1.82, 2.24) is 19.3 Å². The molecule has 0 aliphatic carbocycles. The highest BCUT2D eigenvalue weighted by Gasteiger charge is 2.37. The molecule has 0 fully saturated rings. The first-order chi connectivity index (χ1) is 11.6. The lowest BCUT2D eigenvalue weighted by Crippen LogP contribution is -2.45. The van der Waals surface area contributed by atoms with E-state index >= 15 is 0 Å². The highest BCUT2D eigenvalue weighted by molar-refractivity contribution is 7.10.